The van der Waals surface area contributed by atoms with E-state index in [9.17, 15) is 13.2 Å². The van der Waals surface area contributed by atoms with Crippen LogP contribution in [0.4, 0.5) is 19.0 Å². The lowest BCUT2D eigenvalue weighted by Crippen LogP contribution is -2.44. The molecular formula is C28H27F3N6. The van der Waals surface area contributed by atoms with Crippen LogP contribution >= 0.6 is 0 Å². The number of imidazole rings is 1. The number of hydrogen-bond donors (Lipinski definition) is 1. The third-order valence-corrected chi connectivity index (χ3v) is 7.98. The summed E-state index contributed by atoms with van der Waals surface area (Å²) in [6.07, 6.45) is 6.90. The summed E-state index contributed by atoms with van der Waals surface area (Å²) >= 11 is 0. The molecule has 1 aromatic carbocycles. The minimum atomic E-state index is -4.58. The van der Waals surface area contributed by atoms with Gasteiger partial charge in [-0.1, -0.05) is 24.3 Å². The van der Waals surface area contributed by atoms with Crippen LogP contribution in [-0.4, -0.2) is 32.4 Å². The first kappa shape index (κ1) is 23.7. The highest BCUT2D eigenvalue weighted by Crippen LogP contribution is 2.52. The summed E-state index contributed by atoms with van der Waals surface area (Å²) < 4.78 is 42.5. The molecule has 2 N–H and O–H groups in total. The van der Waals surface area contributed by atoms with Gasteiger partial charge in [0.1, 0.15) is 11.3 Å². The monoisotopic (exact) mass is 504 g/mol. The molecule has 0 bridgehead atoms. The normalized spacial score (nSPS) is 18.9. The molecule has 3 aromatic heterocycles. The fourth-order valence-corrected chi connectivity index (χ4v) is 6.17. The average Bonchev–Trinajstić information content (AvgIpc) is 3.44. The lowest BCUT2D eigenvalue weighted by atomic mass is 9.73. The predicted molar refractivity (Wildman–Crippen MR) is 136 cm³/mol. The van der Waals surface area contributed by atoms with Crippen LogP contribution in [0.5, 0.6) is 0 Å². The van der Waals surface area contributed by atoms with Crippen LogP contribution in [0, 0.1) is 5.41 Å². The molecule has 37 heavy (non-hydrogen) atoms. The van der Waals surface area contributed by atoms with Crippen molar-refractivity contribution >= 4 is 11.3 Å². The molecule has 190 valence electrons. The van der Waals surface area contributed by atoms with Crippen molar-refractivity contribution in [3.8, 4) is 11.4 Å². The molecule has 1 spiro atoms. The zero-order valence-electron chi connectivity index (χ0n) is 20.2. The molecule has 2 aliphatic rings. The molecule has 0 radical (unpaired) electrons. The van der Waals surface area contributed by atoms with Crippen molar-refractivity contribution in [2.45, 2.75) is 37.9 Å². The number of piperidine rings is 1. The van der Waals surface area contributed by atoms with Gasteiger partial charge in [-0.05, 0) is 59.9 Å². The number of benzene rings is 1. The van der Waals surface area contributed by atoms with E-state index >= 15 is 0 Å². The number of aromatic nitrogens is 4. The lowest BCUT2D eigenvalue weighted by molar-refractivity contribution is -0.140. The molecule has 0 amide bonds. The average molecular weight is 505 g/mol. The third-order valence-electron chi connectivity index (χ3n) is 7.98. The van der Waals surface area contributed by atoms with Crippen LogP contribution in [0.1, 0.15) is 41.3 Å². The van der Waals surface area contributed by atoms with Gasteiger partial charge in [0.2, 0.25) is 0 Å². The summed E-state index contributed by atoms with van der Waals surface area (Å²) in [5.74, 6) is 0.903. The molecule has 1 saturated heterocycles. The zero-order chi connectivity index (χ0) is 25.8. The maximum absolute atomic E-state index is 13.6. The van der Waals surface area contributed by atoms with Crippen molar-refractivity contribution in [2.24, 2.45) is 11.1 Å². The number of nitrogens with two attached hydrogens (primary N) is 1. The van der Waals surface area contributed by atoms with Crippen molar-refractivity contribution in [1.82, 2.24) is 19.4 Å². The number of halogens is 3. The Balaban J connectivity index is 1.29. The number of anilines is 1. The molecule has 6 nitrogen and oxygen atoms in total. The van der Waals surface area contributed by atoms with Gasteiger partial charge in [0.15, 0.2) is 11.5 Å². The van der Waals surface area contributed by atoms with Crippen LogP contribution < -0.4 is 10.6 Å². The van der Waals surface area contributed by atoms with Gasteiger partial charge in [-0.25, -0.2) is 9.97 Å². The minimum Gasteiger partial charge on any atom is -0.355 e. The van der Waals surface area contributed by atoms with Gasteiger partial charge in [0, 0.05) is 43.3 Å². The molecule has 6 rings (SSSR count). The van der Waals surface area contributed by atoms with Crippen LogP contribution in [0.3, 0.4) is 0 Å². The summed E-state index contributed by atoms with van der Waals surface area (Å²) in [6.45, 7) is 5.41. The Hall–Kier alpha value is -3.72. The number of nitrogens with zero attached hydrogens (tertiary/aromatic N) is 5. The first-order valence-electron chi connectivity index (χ1n) is 12.4. The largest absolute Gasteiger partial charge is 0.434 e. The molecule has 1 aliphatic heterocycles. The quantitative estimate of drug-likeness (QED) is 0.378. The Kier molecular flexibility index (Phi) is 5.56. The SMILES string of the molecule is C=CCc1cccc2c1[C@@H](N)C1(CCN(c3nccn4c(-c5cccnc5C(F)(F)F)ncc34)CC1)C2. The summed E-state index contributed by atoms with van der Waals surface area (Å²) in [6, 6.07) is 9.29. The zero-order valence-corrected chi connectivity index (χ0v) is 20.2. The van der Waals surface area contributed by atoms with E-state index in [1.54, 1.807) is 23.0 Å². The molecule has 0 unspecified atom stereocenters. The van der Waals surface area contributed by atoms with E-state index in [0.29, 0.717) is 11.3 Å². The van der Waals surface area contributed by atoms with E-state index in [-0.39, 0.29) is 22.8 Å². The topological polar surface area (TPSA) is 72.3 Å². The number of pyridine rings is 1. The van der Waals surface area contributed by atoms with Crippen molar-refractivity contribution in [3.05, 3.63) is 90.2 Å². The molecule has 0 saturated carbocycles. The van der Waals surface area contributed by atoms with Gasteiger partial charge in [-0.15, -0.1) is 6.58 Å². The summed E-state index contributed by atoms with van der Waals surface area (Å²) in [4.78, 5) is 14.7. The van der Waals surface area contributed by atoms with Crippen LogP contribution in [0.2, 0.25) is 0 Å². The molecular weight excluding hydrogens is 477 g/mol. The maximum Gasteiger partial charge on any atom is 0.434 e. The molecule has 9 heteroatoms. The Bertz CT molecular complexity index is 1480. The summed E-state index contributed by atoms with van der Waals surface area (Å²) in [7, 11) is 0. The van der Waals surface area contributed by atoms with E-state index in [0.717, 1.165) is 45.0 Å². The number of allylic oxidation sites excluding steroid dienone is 1. The van der Waals surface area contributed by atoms with Crippen LogP contribution in [0.15, 0.2) is 67.8 Å². The highest BCUT2D eigenvalue weighted by Gasteiger charge is 2.47. The van der Waals surface area contributed by atoms with Gasteiger partial charge in [0.05, 0.1) is 6.20 Å². The standard InChI is InChI=1S/C28H27F3N6/c1-2-5-18-6-3-7-19-16-27(23(32)22(18)19)9-13-36(14-10-27)26-21-17-35-25(37(21)15-12-34-26)20-8-4-11-33-24(20)28(29,30)31/h2-4,6-8,11-12,15,17,23H,1,5,9-10,13-14,16,32H2/t23-/m1/s1. The van der Waals surface area contributed by atoms with E-state index in [2.05, 4.69) is 44.6 Å². The summed E-state index contributed by atoms with van der Waals surface area (Å²) in [5.41, 5.74) is 10.4. The minimum absolute atomic E-state index is 0.0100. The van der Waals surface area contributed by atoms with Crippen molar-refractivity contribution in [1.29, 1.82) is 0 Å². The molecule has 1 aliphatic carbocycles. The molecule has 1 atom stereocenters. The van der Waals surface area contributed by atoms with Crippen molar-refractivity contribution < 1.29 is 13.2 Å². The Labute approximate surface area is 212 Å². The first-order valence-corrected chi connectivity index (χ1v) is 12.4. The number of hydrogen-bond acceptors (Lipinski definition) is 5. The molecule has 4 aromatic rings. The van der Waals surface area contributed by atoms with Gasteiger partial charge in [-0.2, -0.15) is 13.2 Å². The number of fused-ring (bicyclic) bond motifs is 2. The van der Waals surface area contributed by atoms with Crippen LogP contribution in [0.25, 0.3) is 16.9 Å². The second kappa shape index (κ2) is 8.69. The maximum atomic E-state index is 13.6. The van der Waals surface area contributed by atoms with E-state index in [1.165, 1.54) is 28.8 Å². The Morgan fingerprint density at radius 2 is 1.89 bits per heavy atom. The lowest BCUT2D eigenvalue weighted by Gasteiger charge is -2.42. The fraction of sp³-hybridized carbons (Fsp3) is 0.321. The Morgan fingerprint density at radius 1 is 1.08 bits per heavy atom. The predicted octanol–water partition coefficient (Wildman–Crippen LogP) is 5.38. The van der Waals surface area contributed by atoms with E-state index in [4.69, 9.17) is 5.73 Å². The van der Waals surface area contributed by atoms with Gasteiger partial charge >= 0.3 is 6.18 Å². The smallest absolute Gasteiger partial charge is 0.355 e. The molecule has 4 heterocycles. The van der Waals surface area contributed by atoms with Crippen LogP contribution in [-0.2, 0) is 19.0 Å². The van der Waals surface area contributed by atoms with Gasteiger partial charge in [-0.3, -0.25) is 9.38 Å². The highest BCUT2D eigenvalue weighted by molar-refractivity contribution is 5.74. The van der Waals surface area contributed by atoms with E-state index in [1.807, 2.05) is 6.08 Å². The van der Waals surface area contributed by atoms with Crippen molar-refractivity contribution in [3.63, 3.8) is 0 Å². The highest BCUT2D eigenvalue weighted by atomic mass is 19.4. The van der Waals surface area contributed by atoms with Crippen molar-refractivity contribution in [2.75, 3.05) is 18.0 Å². The first-order chi connectivity index (χ1) is 17.8. The number of alkyl halides is 3. The number of rotatable bonds is 4. The van der Waals surface area contributed by atoms with Gasteiger partial charge < -0.3 is 10.6 Å². The second-order valence-electron chi connectivity index (χ2n) is 9.97. The third kappa shape index (κ3) is 3.80. The second-order valence-corrected chi connectivity index (χ2v) is 9.97. The Morgan fingerprint density at radius 3 is 2.65 bits per heavy atom. The summed E-state index contributed by atoms with van der Waals surface area (Å²) in [5, 5.41) is 0. The fourth-order valence-electron chi connectivity index (χ4n) is 6.17. The van der Waals surface area contributed by atoms with E-state index < -0.39 is 11.9 Å². The molecule has 1 fully saturated rings. The van der Waals surface area contributed by atoms with Gasteiger partial charge in [0.25, 0.3) is 0 Å².